The lowest BCUT2D eigenvalue weighted by Gasteiger charge is -2.33. The van der Waals surface area contributed by atoms with Crippen molar-refractivity contribution in [2.75, 3.05) is 25.2 Å². The number of nitrogens with one attached hydrogen (secondary N) is 2. The van der Waals surface area contributed by atoms with Gasteiger partial charge in [-0.2, -0.15) is 0 Å². The van der Waals surface area contributed by atoms with Gasteiger partial charge in [-0.15, -0.1) is 0 Å². The van der Waals surface area contributed by atoms with Gasteiger partial charge in [0, 0.05) is 12.5 Å². The molecule has 2 aromatic rings. The van der Waals surface area contributed by atoms with E-state index in [0.717, 1.165) is 12.8 Å². The SMILES string of the molecule is CCCCOc1ccc(C(=O)NNC(=O)C2CN(C(C)=O)c3ccccc3O2)cc1OC. The van der Waals surface area contributed by atoms with E-state index in [0.29, 0.717) is 29.5 Å². The van der Waals surface area contributed by atoms with Gasteiger partial charge in [0.05, 0.1) is 25.9 Å². The Labute approximate surface area is 186 Å². The molecule has 170 valence electrons. The number of methoxy groups -OCH3 is 1. The number of anilines is 1. The maximum Gasteiger partial charge on any atom is 0.281 e. The van der Waals surface area contributed by atoms with Crippen LogP contribution in [-0.4, -0.2) is 44.1 Å². The van der Waals surface area contributed by atoms with Gasteiger partial charge in [-0.25, -0.2) is 0 Å². The molecule has 0 fully saturated rings. The maximum atomic E-state index is 12.6. The largest absolute Gasteiger partial charge is 0.493 e. The fourth-order valence-electron chi connectivity index (χ4n) is 3.19. The third-order valence-electron chi connectivity index (χ3n) is 4.93. The van der Waals surface area contributed by atoms with Crippen LogP contribution < -0.4 is 30.0 Å². The van der Waals surface area contributed by atoms with E-state index in [-0.39, 0.29) is 18.0 Å². The van der Waals surface area contributed by atoms with Crippen LogP contribution in [0, 0.1) is 0 Å². The average molecular weight is 441 g/mol. The summed E-state index contributed by atoms with van der Waals surface area (Å²) in [6, 6.07) is 11.7. The Morgan fingerprint density at radius 3 is 2.62 bits per heavy atom. The van der Waals surface area contributed by atoms with Gasteiger partial charge in [-0.1, -0.05) is 25.5 Å². The minimum Gasteiger partial charge on any atom is -0.493 e. The molecular formula is C23H27N3O6. The normalized spacial score (nSPS) is 14.6. The van der Waals surface area contributed by atoms with Crippen LogP contribution in [0.4, 0.5) is 5.69 Å². The van der Waals surface area contributed by atoms with Gasteiger partial charge in [0.2, 0.25) is 5.91 Å². The zero-order valence-corrected chi connectivity index (χ0v) is 18.3. The molecule has 0 aliphatic carbocycles. The average Bonchev–Trinajstić information content (AvgIpc) is 2.81. The number of rotatable bonds is 7. The predicted molar refractivity (Wildman–Crippen MR) is 118 cm³/mol. The van der Waals surface area contributed by atoms with Crippen molar-refractivity contribution in [3.05, 3.63) is 48.0 Å². The lowest BCUT2D eigenvalue weighted by atomic mass is 10.1. The molecular weight excluding hydrogens is 414 g/mol. The predicted octanol–water partition coefficient (Wildman–Crippen LogP) is 2.45. The second-order valence-corrected chi connectivity index (χ2v) is 7.21. The molecule has 0 spiro atoms. The number of benzene rings is 2. The second kappa shape index (κ2) is 10.5. The van der Waals surface area contributed by atoms with Crippen molar-refractivity contribution < 1.29 is 28.6 Å². The zero-order valence-electron chi connectivity index (χ0n) is 18.3. The Morgan fingerprint density at radius 2 is 1.91 bits per heavy atom. The number of para-hydroxylation sites is 2. The topological polar surface area (TPSA) is 106 Å². The summed E-state index contributed by atoms with van der Waals surface area (Å²) >= 11 is 0. The number of amides is 3. The summed E-state index contributed by atoms with van der Waals surface area (Å²) in [5, 5.41) is 0. The highest BCUT2D eigenvalue weighted by Gasteiger charge is 2.32. The first-order chi connectivity index (χ1) is 15.4. The summed E-state index contributed by atoms with van der Waals surface area (Å²) in [5.41, 5.74) is 5.61. The zero-order chi connectivity index (χ0) is 23.1. The van der Waals surface area contributed by atoms with Crippen LogP contribution in [0.1, 0.15) is 37.0 Å². The highest BCUT2D eigenvalue weighted by atomic mass is 16.5. The minimum atomic E-state index is -0.974. The third kappa shape index (κ3) is 5.29. The molecule has 2 N–H and O–H groups in total. The second-order valence-electron chi connectivity index (χ2n) is 7.21. The van der Waals surface area contributed by atoms with Crippen LogP contribution in [-0.2, 0) is 9.59 Å². The summed E-state index contributed by atoms with van der Waals surface area (Å²) in [7, 11) is 1.49. The van der Waals surface area contributed by atoms with Crippen LogP contribution in [0.5, 0.6) is 17.2 Å². The van der Waals surface area contributed by atoms with Gasteiger partial charge < -0.3 is 19.1 Å². The van der Waals surface area contributed by atoms with Crippen LogP contribution in [0.25, 0.3) is 0 Å². The molecule has 1 unspecified atom stereocenters. The van der Waals surface area contributed by atoms with E-state index >= 15 is 0 Å². The summed E-state index contributed by atoms with van der Waals surface area (Å²) in [6.45, 7) is 4.07. The molecule has 1 aliphatic rings. The van der Waals surface area contributed by atoms with Crippen molar-refractivity contribution in [2.24, 2.45) is 0 Å². The fraction of sp³-hybridized carbons (Fsp3) is 0.348. The van der Waals surface area contributed by atoms with Crippen molar-refractivity contribution in [2.45, 2.75) is 32.8 Å². The monoisotopic (exact) mass is 441 g/mol. The molecule has 3 rings (SSSR count). The molecule has 0 radical (unpaired) electrons. The summed E-state index contributed by atoms with van der Waals surface area (Å²) in [4.78, 5) is 38.6. The van der Waals surface area contributed by atoms with Gasteiger partial charge in [0.15, 0.2) is 17.6 Å². The molecule has 1 atom stereocenters. The first kappa shape index (κ1) is 22.9. The van der Waals surface area contributed by atoms with Crippen LogP contribution in [0.15, 0.2) is 42.5 Å². The number of ether oxygens (including phenoxy) is 3. The van der Waals surface area contributed by atoms with Crippen LogP contribution in [0.2, 0.25) is 0 Å². The third-order valence-corrected chi connectivity index (χ3v) is 4.93. The molecule has 0 bridgehead atoms. The van der Waals surface area contributed by atoms with Crippen molar-refractivity contribution >= 4 is 23.4 Å². The Hall–Kier alpha value is -3.75. The molecule has 0 saturated carbocycles. The van der Waals surface area contributed by atoms with E-state index in [1.807, 2.05) is 0 Å². The Balaban J connectivity index is 1.62. The number of hydrazine groups is 1. The minimum absolute atomic E-state index is 0.0334. The van der Waals surface area contributed by atoms with Gasteiger partial charge >= 0.3 is 0 Å². The number of carbonyl (C=O) groups is 3. The molecule has 3 amide bonds. The summed E-state index contributed by atoms with van der Waals surface area (Å²) < 4.78 is 16.7. The molecule has 0 saturated heterocycles. The molecule has 1 heterocycles. The maximum absolute atomic E-state index is 12.6. The highest BCUT2D eigenvalue weighted by Crippen LogP contribution is 2.33. The van der Waals surface area contributed by atoms with Crippen molar-refractivity contribution in [1.82, 2.24) is 10.9 Å². The van der Waals surface area contributed by atoms with E-state index in [4.69, 9.17) is 14.2 Å². The Kier molecular flexibility index (Phi) is 7.54. The number of fused-ring (bicyclic) bond motifs is 1. The van der Waals surface area contributed by atoms with E-state index < -0.39 is 17.9 Å². The number of nitrogens with zero attached hydrogens (tertiary/aromatic N) is 1. The van der Waals surface area contributed by atoms with E-state index in [1.165, 1.54) is 25.0 Å². The molecule has 1 aliphatic heterocycles. The molecule has 32 heavy (non-hydrogen) atoms. The number of hydrogen-bond donors (Lipinski definition) is 2. The van der Waals surface area contributed by atoms with Crippen LogP contribution >= 0.6 is 0 Å². The van der Waals surface area contributed by atoms with Gasteiger partial charge in [-0.05, 0) is 36.8 Å². The lowest BCUT2D eigenvalue weighted by Crippen LogP contribution is -2.54. The molecule has 9 heteroatoms. The number of carbonyl (C=O) groups excluding carboxylic acids is 3. The summed E-state index contributed by atoms with van der Waals surface area (Å²) in [5.74, 6) is 0.0614. The van der Waals surface area contributed by atoms with Gasteiger partial charge in [-0.3, -0.25) is 25.2 Å². The smallest absolute Gasteiger partial charge is 0.281 e. The van der Waals surface area contributed by atoms with Crippen molar-refractivity contribution in [3.63, 3.8) is 0 Å². The van der Waals surface area contributed by atoms with Crippen molar-refractivity contribution in [3.8, 4) is 17.2 Å². The van der Waals surface area contributed by atoms with Crippen molar-refractivity contribution in [1.29, 1.82) is 0 Å². The molecule has 2 aromatic carbocycles. The lowest BCUT2D eigenvalue weighted by molar-refractivity contribution is -0.129. The standard InChI is InChI=1S/C23H27N3O6/c1-4-5-12-31-19-11-10-16(13-20(19)30-3)22(28)24-25-23(29)21-14-26(15(2)27)17-8-6-7-9-18(17)32-21/h6-11,13,21H,4-5,12,14H2,1-3H3,(H,24,28)(H,25,29). The number of hydrogen-bond acceptors (Lipinski definition) is 6. The Morgan fingerprint density at radius 1 is 1.12 bits per heavy atom. The van der Waals surface area contributed by atoms with E-state index in [1.54, 1.807) is 36.4 Å². The van der Waals surface area contributed by atoms with Crippen LogP contribution in [0.3, 0.4) is 0 Å². The fourth-order valence-corrected chi connectivity index (χ4v) is 3.19. The molecule has 0 aromatic heterocycles. The van der Waals surface area contributed by atoms with E-state index in [2.05, 4.69) is 17.8 Å². The highest BCUT2D eigenvalue weighted by molar-refractivity contribution is 5.98. The van der Waals surface area contributed by atoms with E-state index in [9.17, 15) is 14.4 Å². The Bertz CT molecular complexity index is 993. The molecule has 9 nitrogen and oxygen atoms in total. The number of unbranched alkanes of at least 4 members (excludes halogenated alkanes) is 1. The first-order valence-corrected chi connectivity index (χ1v) is 10.4. The van der Waals surface area contributed by atoms with Gasteiger partial charge in [0.25, 0.3) is 11.8 Å². The first-order valence-electron chi connectivity index (χ1n) is 10.4. The quantitative estimate of drug-likeness (QED) is 0.505. The van der Waals surface area contributed by atoms with Gasteiger partial charge in [0.1, 0.15) is 5.75 Å². The summed E-state index contributed by atoms with van der Waals surface area (Å²) in [6.07, 6.45) is 0.938.